The van der Waals surface area contributed by atoms with E-state index in [2.05, 4.69) is 162 Å². The number of fused-ring (bicyclic) bond motifs is 8. The third-order valence-electron chi connectivity index (χ3n) is 11.4. The van der Waals surface area contributed by atoms with Crippen LogP contribution in [0.4, 0.5) is 11.4 Å². The zero-order valence-electron chi connectivity index (χ0n) is 32.4. The largest absolute Gasteiger partial charge is 0.344 e. The van der Waals surface area contributed by atoms with Gasteiger partial charge in [-0.15, -0.1) is 0 Å². The molecule has 0 saturated heterocycles. The molecule has 0 unspecified atom stereocenters. The second kappa shape index (κ2) is 14.2. The smallest absolute Gasteiger partial charge is 0.164 e. The quantitative estimate of drug-likeness (QED) is 0.152. The van der Waals surface area contributed by atoms with E-state index in [1.807, 2.05) is 60.7 Å². The van der Waals surface area contributed by atoms with Gasteiger partial charge in [0.2, 0.25) is 0 Å². The maximum atomic E-state index is 4.91. The van der Waals surface area contributed by atoms with Gasteiger partial charge in [0.05, 0.1) is 16.6 Å². The molecule has 11 aromatic rings. The van der Waals surface area contributed by atoms with E-state index in [9.17, 15) is 0 Å². The Hall–Kier alpha value is -7.89. The highest BCUT2D eigenvalue weighted by Gasteiger charge is 2.17. The maximum absolute atomic E-state index is 4.91. The average Bonchev–Trinajstić information content (AvgIpc) is 3.72. The van der Waals surface area contributed by atoms with E-state index in [0.717, 1.165) is 39.2 Å². The summed E-state index contributed by atoms with van der Waals surface area (Å²) in [5, 5.41) is 5.02. The molecule has 0 fully saturated rings. The van der Waals surface area contributed by atoms with Crippen molar-refractivity contribution < 1.29 is 0 Å². The van der Waals surface area contributed by atoms with Crippen molar-refractivity contribution in [3.8, 4) is 56.4 Å². The minimum atomic E-state index is 0.644. The van der Waals surface area contributed by atoms with Crippen LogP contribution >= 0.6 is 0 Å². The van der Waals surface area contributed by atoms with Crippen molar-refractivity contribution in [1.82, 2.24) is 19.4 Å². The first-order valence-corrected chi connectivity index (χ1v) is 19.9. The first-order valence-electron chi connectivity index (χ1n) is 19.9. The minimum Gasteiger partial charge on any atom is -0.344 e. The highest BCUT2D eigenvalue weighted by atomic mass is 15.1. The second-order valence-electron chi connectivity index (χ2n) is 14.9. The lowest BCUT2D eigenvalue weighted by Crippen LogP contribution is -2.10. The number of benzene rings is 8. The number of rotatable bonds is 7. The summed E-state index contributed by atoms with van der Waals surface area (Å²) >= 11 is 0. The third-order valence-corrected chi connectivity index (χ3v) is 11.4. The Labute approximate surface area is 342 Å². The van der Waals surface area contributed by atoms with E-state index < -0.39 is 0 Å². The molecule has 0 atom stereocenters. The van der Waals surface area contributed by atoms with Crippen LogP contribution in [0.2, 0.25) is 0 Å². The van der Waals surface area contributed by atoms with Gasteiger partial charge in [-0.05, 0) is 58.5 Å². The molecular formula is C54H37N5. The molecule has 0 bridgehead atoms. The summed E-state index contributed by atoms with van der Waals surface area (Å²) in [6.45, 7) is 0. The van der Waals surface area contributed by atoms with Crippen LogP contribution in [0.25, 0.3) is 94.5 Å². The minimum absolute atomic E-state index is 0.644. The highest BCUT2D eigenvalue weighted by molar-refractivity contribution is 6.16. The Balaban J connectivity index is 0.913. The van der Waals surface area contributed by atoms with E-state index in [1.165, 1.54) is 49.2 Å². The van der Waals surface area contributed by atoms with Gasteiger partial charge in [0.25, 0.3) is 0 Å². The van der Waals surface area contributed by atoms with Gasteiger partial charge < -0.3 is 9.30 Å². The fraction of sp³-hybridized carbons (Fsp3) is 0.0185. The van der Waals surface area contributed by atoms with Crippen molar-refractivity contribution in [2.24, 2.45) is 0 Å². The van der Waals surface area contributed by atoms with E-state index in [-0.39, 0.29) is 0 Å². The molecule has 0 aliphatic carbocycles. The molecule has 0 aliphatic rings. The molecule has 8 aromatic carbocycles. The van der Waals surface area contributed by atoms with Crippen LogP contribution in [0.3, 0.4) is 0 Å². The fourth-order valence-electron chi connectivity index (χ4n) is 8.44. The van der Waals surface area contributed by atoms with Crippen LogP contribution in [-0.2, 0) is 0 Å². The summed E-state index contributed by atoms with van der Waals surface area (Å²) in [4.78, 5) is 16.9. The van der Waals surface area contributed by atoms with Gasteiger partial charge in [-0.25, -0.2) is 15.0 Å². The molecule has 59 heavy (non-hydrogen) atoms. The summed E-state index contributed by atoms with van der Waals surface area (Å²) in [7, 11) is 2.15. The standard InChI is InChI=1S/C54H37N5/c1-58(49-23-13-11-19-44(49)41-30-33-47-45-20-9-10-21-46(45)51-35-42-18-8-12-22-48(42)59(51)50(47)34-41)43-31-28-37(29-32-43)36-24-26-40(27-25-36)54-56-52(38-14-4-2-5-15-38)55-53(57-54)39-16-6-3-7-17-39/h2-35H,1H3. The van der Waals surface area contributed by atoms with Gasteiger partial charge in [0.15, 0.2) is 17.5 Å². The predicted molar refractivity (Wildman–Crippen MR) is 245 cm³/mol. The maximum Gasteiger partial charge on any atom is 0.164 e. The SMILES string of the molecule is CN(c1ccc(-c2ccc(-c3nc(-c4ccccc4)nc(-c4ccccc4)n3)cc2)cc1)c1ccccc1-c1ccc2c3ccccc3c3cc4ccccc4n3c2c1. The van der Waals surface area contributed by atoms with Crippen molar-refractivity contribution in [2.45, 2.75) is 0 Å². The average molecular weight is 756 g/mol. The summed E-state index contributed by atoms with van der Waals surface area (Å²) < 4.78 is 2.43. The Kier molecular flexibility index (Phi) is 8.30. The lowest BCUT2D eigenvalue weighted by atomic mass is 9.98. The lowest BCUT2D eigenvalue weighted by molar-refractivity contribution is 1.07. The Morgan fingerprint density at radius 3 is 1.51 bits per heavy atom. The molecule has 3 aromatic heterocycles. The van der Waals surface area contributed by atoms with Gasteiger partial charge in [-0.3, -0.25) is 0 Å². The second-order valence-corrected chi connectivity index (χ2v) is 14.9. The number of anilines is 2. The number of aromatic nitrogens is 4. The molecule has 3 heterocycles. The molecule has 0 aliphatic heterocycles. The number of pyridine rings is 1. The van der Waals surface area contributed by atoms with Crippen LogP contribution < -0.4 is 4.90 Å². The van der Waals surface area contributed by atoms with Crippen molar-refractivity contribution in [3.63, 3.8) is 0 Å². The Bertz CT molecular complexity index is 3260. The van der Waals surface area contributed by atoms with Crippen molar-refractivity contribution in [1.29, 1.82) is 0 Å². The normalized spacial score (nSPS) is 11.5. The molecule has 5 nitrogen and oxygen atoms in total. The van der Waals surface area contributed by atoms with Crippen LogP contribution in [0, 0.1) is 0 Å². The Morgan fingerprint density at radius 1 is 0.356 bits per heavy atom. The van der Waals surface area contributed by atoms with Crippen LogP contribution in [-0.4, -0.2) is 26.4 Å². The van der Waals surface area contributed by atoms with Gasteiger partial charge in [-0.2, -0.15) is 0 Å². The summed E-state index contributed by atoms with van der Waals surface area (Å²) in [6, 6.07) is 72.8. The summed E-state index contributed by atoms with van der Waals surface area (Å²) in [6.07, 6.45) is 0. The number of nitrogens with zero attached hydrogens (tertiary/aromatic N) is 5. The van der Waals surface area contributed by atoms with Gasteiger partial charge in [0, 0.05) is 56.8 Å². The number of hydrogen-bond acceptors (Lipinski definition) is 4. The van der Waals surface area contributed by atoms with Crippen molar-refractivity contribution in [3.05, 3.63) is 206 Å². The Morgan fingerprint density at radius 2 is 0.831 bits per heavy atom. The molecule has 0 radical (unpaired) electrons. The molecule has 0 saturated carbocycles. The molecule has 0 N–H and O–H groups in total. The zero-order chi connectivity index (χ0) is 39.3. The van der Waals surface area contributed by atoms with Crippen molar-refractivity contribution in [2.75, 3.05) is 11.9 Å². The highest BCUT2D eigenvalue weighted by Crippen LogP contribution is 2.39. The van der Waals surface area contributed by atoms with Crippen LogP contribution in [0.5, 0.6) is 0 Å². The topological polar surface area (TPSA) is 46.3 Å². The third kappa shape index (κ3) is 6.08. The van der Waals surface area contributed by atoms with Gasteiger partial charge in [-0.1, -0.05) is 170 Å². The number of para-hydroxylation sites is 2. The van der Waals surface area contributed by atoms with E-state index in [1.54, 1.807) is 0 Å². The zero-order valence-corrected chi connectivity index (χ0v) is 32.4. The van der Waals surface area contributed by atoms with Gasteiger partial charge in [0.1, 0.15) is 0 Å². The monoisotopic (exact) mass is 755 g/mol. The fourth-order valence-corrected chi connectivity index (χ4v) is 8.44. The van der Waals surface area contributed by atoms with E-state index in [4.69, 9.17) is 15.0 Å². The van der Waals surface area contributed by atoms with Crippen LogP contribution in [0.1, 0.15) is 0 Å². The molecular weight excluding hydrogens is 719 g/mol. The molecule has 0 amide bonds. The first-order chi connectivity index (χ1) is 29.2. The molecule has 278 valence electrons. The lowest BCUT2D eigenvalue weighted by Gasteiger charge is -2.23. The van der Waals surface area contributed by atoms with Crippen LogP contribution in [0.15, 0.2) is 206 Å². The van der Waals surface area contributed by atoms with E-state index in [0.29, 0.717) is 17.5 Å². The molecule has 5 heteroatoms. The number of hydrogen-bond donors (Lipinski definition) is 0. The molecule has 11 rings (SSSR count). The molecule has 0 spiro atoms. The van der Waals surface area contributed by atoms with E-state index >= 15 is 0 Å². The summed E-state index contributed by atoms with van der Waals surface area (Å²) in [5.74, 6) is 1.95. The van der Waals surface area contributed by atoms with Crippen molar-refractivity contribution >= 4 is 49.5 Å². The summed E-state index contributed by atoms with van der Waals surface area (Å²) in [5.41, 5.74) is 13.4. The predicted octanol–water partition coefficient (Wildman–Crippen LogP) is 13.7. The van der Waals surface area contributed by atoms with Gasteiger partial charge >= 0.3 is 0 Å². The first kappa shape index (κ1) is 34.4.